The molecule has 0 aromatic heterocycles. The molecular weight excluding hydrogens is 622 g/mol. The van der Waals surface area contributed by atoms with Crippen molar-refractivity contribution in [2.24, 2.45) is 16.5 Å². The van der Waals surface area contributed by atoms with Gasteiger partial charge in [0, 0.05) is 36.9 Å². The normalized spacial score (nSPS) is 22.9. The maximum atomic E-state index is 14.5. The van der Waals surface area contributed by atoms with Crippen molar-refractivity contribution >= 4 is 46.7 Å². The number of likely N-dealkylation sites (N-methyl/N-ethyl adjacent to an activating group) is 1. The molecule has 3 N–H and O–H groups in total. The van der Waals surface area contributed by atoms with Crippen LogP contribution in [0.25, 0.3) is 0 Å². The van der Waals surface area contributed by atoms with Gasteiger partial charge in [0.25, 0.3) is 5.91 Å². The third-order valence-electron chi connectivity index (χ3n) is 9.51. The van der Waals surface area contributed by atoms with Crippen LogP contribution in [0.3, 0.4) is 0 Å². The molecule has 4 atom stereocenters. The van der Waals surface area contributed by atoms with E-state index in [4.69, 9.17) is 16.4 Å². The number of nitrogens with one attached hydrogen (secondary N) is 3. The lowest BCUT2D eigenvalue weighted by Gasteiger charge is -2.36. The summed E-state index contributed by atoms with van der Waals surface area (Å²) in [5.41, 5.74) is -0.264. The van der Waals surface area contributed by atoms with Crippen molar-refractivity contribution in [3.05, 3.63) is 34.9 Å². The number of oxime groups is 1. The Morgan fingerprint density at radius 2 is 1.79 bits per heavy atom. The van der Waals surface area contributed by atoms with Crippen LogP contribution in [0.1, 0.15) is 104 Å². The first-order valence-electron chi connectivity index (χ1n) is 16.9. The molecule has 2 fully saturated rings. The standard InChI is InChI=1S/C35H50ClN5O6/c1-6-12-25(29(43)32(45)37-5)38-31(44)27-20-35(19-26(40-47-35)23-15-11-16-24(36)18-23)21-41(27)33(46)30(34(2,3)4)39-28(42)17-22-13-9-7-8-10-14-22/h11,15-16,18,22,25,27,30H,6-10,12-14,17,19-21H2,1-5H3,(H,37,45)(H,38,44)(H,39,42)/t25-,27-,30+,35+/m0/s1. The van der Waals surface area contributed by atoms with Gasteiger partial charge in [0.1, 0.15) is 12.1 Å². The summed E-state index contributed by atoms with van der Waals surface area (Å²) in [6.07, 6.45) is 8.15. The van der Waals surface area contributed by atoms with Gasteiger partial charge >= 0.3 is 0 Å². The lowest BCUT2D eigenvalue weighted by molar-refractivity contribution is -0.145. The van der Waals surface area contributed by atoms with Crippen molar-refractivity contribution in [3.8, 4) is 0 Å². The third-order valence-corrected chi connectivity index (χ3v) is 9.75. The van der Waals surface area contributed by atoms with Crippen molar-refractivity contribution in [2.45, 2.75) is 122 Å². The zero-order valence-corrected chi connectivity index (χ0v) is 29.1. The maximum absolute atomic E-state index is 14.5. The van der Waals surface area contributed by atoms with Crippen LogP contribution in [0.2, 0.25) is 5.02 Å². The molecule has 2 aliphatic heterocycles. The fraction of sp³-hybridized carbons (Fsp3) is 0.657. The minimum atomic E-state index is -1.05. The molecule has 1 aliphatic carbocycles. The Bertz CT molecular complexity index is 1370. The molecule has 2 heterocycles. The van der Waals surface area contributed by atoms with Crippen LogP contribution in [0.5, 0.6) is 0 Å². The third kappa shape index (κ3) is 9.12. The number of hydrogen-bond acceptors (Lipinski definition) is 7. The second kappa shape index (κ2) is 15.6. The predicted molar refractivity (Wildman–Crippen MR) is 180 cm³/mol. The van der Waals surface area contributed by atoms with E-state index in [1.54, 1.807) is 12.1 Å². The summed E-state index contributed by atoms with van der Waals surface area (Å²) in [6, 6.07) is 4.22. The molecule has 47 heavy (non-hydrogen) atoms. The van der Waals surface area contributed by atoms with Crippen molar-refractivity contribution in [3.63, 3.8) is 0 Å². The zero-order chi connectivity index (χ0) is 34.4. The second-order valence-corrected chi connectivity index (χ2v) is 14.8. The number of benzene rings is 1. The van der Waals surface area contributed by atoms with Gasteiger partial charge in [0.2, 0.25) is 23.5 Å². The van der Waals surface area contributed by atoms with E-state index in [-0.39, 0.29) is 31.2 Å². The Labute approximate surface area is 282 Å². The molecule has 1 saturated heterocycles. The first-order chi connectivity index (χ1) is 22.3. The van der Waals surface area contributed by atoms with E-state index in [0.717, 1.165) is 31.2 Å². The Hall–Kier alpha value is -3.47. The number of rotatable bonds is 11. The maximum Gasteiger partial charge on any atom is 0.289 e. The number of ketones is 1. The van der Waals surface area contributed by atoms with E-state index in [9.17, 15) is 24.0 Å². The van der Waals surface area contributed by atoms with E-state index >= 15 is 0 Å². The van der Waals surface area contributed by atoms with Crippen LogP contribution < -0.4 is 16.0 Å². The number of halogens is 1. The molecule has 1 saturated carbocycles. The Morgan fingerprint density at radius 1 is 1.09 bits per heavy atom. The average molecular weight is 672 g/mol. The molecule has 1 spiro atoms. The van der Waals surface area contributed by atoms with E-state index in [0.29, 0.717) is 30.0 Å². The molecule has 1 aromatic carbocycles. The number of amides is 4. The second-order valence-electron chi connectivity index (χ2n) is 14.4. The summed E-state index contributed by atoms with van der Waals surface area (Å²) in [5.74, 6) is -2.43. The van der Waals surface area contributed by atoms with Crippen molar-refractivity contribution < 1.29 is 28.8 Å². The fourth-order valence-electron chi connectivity index (χ4n) is 6.92. The van der Waals surface area contributed by atoms with E-state index < -0.39 is 52.6 Å². The van der Waals surface area contributed by atoms with Crippen LogP contribution in [0.4, 0.5) is 0 Å². The van der Waals surface area contributed by atoms with E-state index in [1.165, 1.54) is 24.8 Å². The summed E-state index contributed by atoms with van der Waals surface area (Å²) in [7, 11) is 1.36. The summed E-state index contributed by atoms with van der Waals surface area (Å²) >= 11 is 6.23. The highest BCUT2D eigenvalue weighted by atomic mass is 35.5. The Kier molecular flexibility index (Phi) is 12.1. The summed E-state index contributed by atoms with van der Waals surface area (Å²) in [4.78, 5) is 74.4. The zero-order valence-electron chi connectivity index (χ0n) is 28.3. The van der Waals surface area contributed by atoms with Gasteiger partial charge in [0.05, 0.1) is 18.3 Å². The molecule has 3 aliphatic rings. The molecule has 4 rings (SSSR count). The number of Topliss-reactive ketones (excluding diaryl/α,β-unsaturated/α-hetero) is 1. The molecular formula is C35H50ClN5O6. The van der Waals surface area contributed by atoms with Gasteiger partial charge in [-0.2, -0.15) is 0 Å². The van der Waals surface area contributed by atoms with Gasteiger partial charge < -0.3 is 25.7 Å². The topological polar surface area (TPSA) is 146 Å². The molecule has 0 unspecified atom stereocenters. The van der Waals surface area contributed by atoms with E-state index in [2.05, 4.69) is 21.1 Å². The average Bonchev–Trinajstić information content (AvgIpc) is 3.52. The van der Waals surface area contributed by atoms with Crippen molar-refractivity contribution in [1.82, 2.24) is 20.9 Å². The quantitative estimate of drug-likeness (QED) is 0.236. The monoisotopic (exact) mass is 671 g/mol. The molecule has 0 radical (unpaired) electrons. The molecule has 1 aromatic rings. The number of carbonyl (C=O) groups excluding carboxylic acids is 5. The van der Waals surface area contributed by atoms with Crippen LogP contribution in [0.15, 0.2) is 29.4 Å². The molecule has 11 nitrogen and oxygen atoms in total. The van der Waals surface area contributed by atoms with Gasteiger partial charge in [-0.05, 0) is 42.7 Å². The SMILES string of the molecule is CCC[C@H](NC(=O)[C@@H]1C[C@]2(CC(c3cccc(Cl)c3)=NO2)CN1C(=O)[C@@H](NC(=O)CC1CCCCCC1)C(C)(C)C)C(=O)C(=O)NC. The van der Waals surface area contributed by atoms with Crippen LogP contribution in [-0.4, -0.2) is 77.3 Å². The van der Waals surface area contributed by atoms with Gasteiger partial charge in [-0.15, -0.1) is 0 Å². The number of hydrogen-bond donors (Lipinski definition) is 3. The smallest absolute Gasteiger partial charge is 0.289 e. The Balaban J connectivity index is 1.60. The lowest BCUT2D eigenvalue weighted by Crippen LogP contribution is -2.59. The highest BCUT2D eigenvalue weighted by molar-refractivity contribution is 6.38. The van der Waals surface area contributed by atoms with Gasteiger partial charge in [-0.25, -0.2) is 0 Å². The lowest BCUT2D eigenvalue weighted by atomic mass is 9.85. The first-order valence-corrected chi connectivity index (χ1v) is 17.3. The number of carbonyl (C=O) groups is 5. The van der Waals surface area contributed by atoms with Crippen LogP contribution in [0, 0.1) is 11.3 Å². The summed E-state index contributed by atoms with van der Waals surface area (Å²) in [5, 5.41) is 13.0. The highest BCUT2D eigenvalue weighted by Gasteiger charge is 2.55. The molecule has 258 valence electrons. The molecule has 4 amide bonds. The number of nitrogens with zero attached hydrogens (tertiary/aromatic N) is 2. The minimum absolute atomic E-state index is 0.0460. The molecule has 0 bridgehead atoms. The van der Waals surface area contributed by atoms with Crippen LogP contribution >= 0.6 is 11.6 Å². The summed E-state index contributed by atoms with van der Waals surface area (Å²) in [6.45, 7) is 7.55. The predicted octanol–water partition coefficient (Wildman–Crippen LogP) is 4.30. The largest absolute Gasteiger partial charge is 0.387 e. The van der Waals surface area contributed by atoms with Crippen LogP contribution in [-0.2, 0) is 28.8 Å². The first kappa shape index (κ1) is 36.4. The van der Waals surface area contributed by atoms with Gasteiger partial charge in [0.15, 0.2) is 5.60 Å². The highest BCUT2D eigenvalue weighted by Crippen LogP contribution is 2.40. The summed E-state index contributed by atoms with van der Waals surface area (Å²) < 4.78 is 0. The van der Waals surface area contributed by atoms with Crippen molar-refractivity contribution in [2.75, 3.05) is 13.6 Å². The van der Waals surface area contributed by atoms with E-state index in [1.807, 2.05) is 39.8 Å². The fourth-order valence-corrected chi connectivity index (χ4v) is 7.11. The Morgan fingerprint density at radius 3 is 2.40 bits per heavy atom. The van der Waals surface area contributed by atoms with Gasteiger partial charge in [-0.3, -0.25) is 24.0 Å². The van der Waals surface area contributed by atoms with Gasteiger partial charge in [-0.1, -0.05) is 88.7 Å². The molecule has 12 heteroatoms. The van der Waals surface area contributed by atoms with Crippen molar-refractivity contribution in [1.29, 1.82) is 0 Å². The number of likely N-dealkylation sites (tertiary alicyclic amines) is 1. The minimum Gasteiger partial charge on any atom is -0.387 e.